The predicted molar refractivity (Wildman–Crippen MR) is 78.8 cm³/mol. The molecular weight excluding hydrogens is 236 g/mol. The van der Waals surface area contributed by atoms with Crippen LogP contribution < -0.4 is 5.32 Å². The summed E-state index contributed by atoms with van der Waals surface area (Å²) in [5.74, 6) is 0.743. The molecule has 1 aromatic rings. The zero-order valence-electron chi connectivity index (χ0n) is 12.1. The molecule has 3 nitrogen and oxygen atoms in total. The summed E-state index contributed by atoms with van der Waals surface area (Å²) < 4.78 is 0. The third kappa shape index (κ3) is 3.43. The average Bonchev–Trinajstić information content (AvgIpc) is 2.46. The highest BCUT2D eigenvalue weighted by Gasteiger charge is 2.23. The standard InChI is InChI=1S/C16H24N2O/c1-12(2)14-4-6-15(7-5-14)16(19)13(3)18-10-8-17-9-11-18/h4-7,12-13,17H,8-11H2,1-3H3. The van der Waals surface area contributed by atoms with Crippen molar-refractivity contribution in [3.05, 3.63) is 35.4 Å². The van der Waals surface area contributed by atoms with Gasteiger partial charge in [-0.25, -0.2) is 0 Å². The Labute approximate surface area is 116 Å². The van der Waals surface area contributed by atoms with Crippen LogP contribution in [0.4, 0.5) is 0 Å². The molecule has 3 heteroatoms. The molecule has 1 aliphatic heterocycles. The summed E-state index contributed by atoms with van der Waals surface area (Å²) in [6.45, 7) is 10.2. The van der Waals surface area contributed by atoms with Gasteiger partial charge in [-0.2, -0.15) is 0 Å². The van der Waals surface area contributed by atoms with E-state index in [-0.39, 0.29) is 11.8 Å². The zero-order chi connectivity index (χ0) is 13.8. The third-order valence-corrected chi connectivity index (χ3v) is 3.94. The summed E-state index contributed by atoms with van der Waals surface area (Å²) in [4.78, 5) is 14.7. The highest BCUT2D eigenvalue weighted by molar-refractivity contribution is 5.99. The molecule has 0 spiro atoms. The van der Waals surface area contributed by atoms with Gasteiger partial charge in [-0.1, -0.05) is 38.1 Å². The zero-order valence-corrected chi connectivity index (χ0v) is 12.1. The first-order chi connectivity index (χ1) is 9.09. The van der Waals surface area contributed by atoms with E-state index < -0.39 is 0 Å². The number of hydrogen-bond donors (Lipinski definition) is 1. The van der Waals surface area contributed by atoms with Crippen LogP contribution in [0.5, 0.6) is 0 Å². The number of ketones is 1. The molecule has 0 aliphatic carbocycles. The molecule has 1 heterocycles. The summed E-state index contributed by atoms with van der Waals surface area (Å²) in [5.41, 5.74) is 2.11. The minimum atomic E-state index is -0.0213. The van der Waals surface area contributed by atoms with E-state index in [9.17, 15) is 4.79 Å². The molecule has 0 radical (unpaired) electrons. The third-order valence-electron chi connectivity index (χ3n) is 3.94. The SMILES string of the molecule is CC(C)c1ccc(C(=O)C(C)N2CCNCC2)cc1. The van der Waals surface area contributed by atoms with E-state index >= 15 is 0 Å². The molecular formula is C16H24N2O. The lowest BCUT2D eigenvalue weighted by Crippen LogP contribution is -2.50. The monoisotopic (exact) mass is 260 g/mol. The van der Waals surface area contributed by atoms with Crippen LogP contribution in [0.1, 0.15) is 42.6 Å². The summed E-state index contributed by atoms with van der Waals surface area (Å²) >= 11 is 0. The highest BCUT2D eigenvalue weighted by Crippen LogP contribution is 2.16. The van der Waals surface area contributed by atoms with Crippen molar-refractivity contribution in [2.75, 3.05) is 26.2 Å². The molecule has 0 aromatic heterocycles. The first-order valence-corrected chi connectivity index (χ1v) is 7.18. The van der Waals surface area contributed by atoms with Gasteiger partial charge in [0.15, 0.2) is 5.78 Å². The number of carbonyl (C=O) groups is 1. The number of nitrogens with one attached hydrogen (secondary N) is 1. The van der Waals surface area contributed by atoms with Crippen LogP contribution in [0.25, 0.3) is 0 Å². The Morgan fingerprint density at radius 3 is 2.21 bits per heavy atom. The van der Waals surface area contributed by atoms with Crippen molar-refractivity contribution in [3.8, 4) is 0 Å². The minimum Gasteiger partial charge on any atom is -0.314 e. The van der Waals surface area contributed by atoms with Crippen LogP contribution in [-0.2, 0) is 0 Å². The highest BCUT2D eigenvalue weighted by atomic mass is 16.1. The first kappa shape index (κ1) is 14.2. The minimum absolute atomic E-state index is 0.0213. The number of nitrogens with zero attached hydrogens (tertiary/aromatic N) is 1. The van der Waals surface area contributed by atoms with Gasteiger partial charge in [-0.05, 0) is 18.4 Å². The van der Waals surface area contributed by atoms with Crippen molar-refractivity contribution in [2.24, 2.45) is 0 Å². The van der Waals surface area contributed by atoms with E-state index in [0.717, 1.165) is 31.7 Å². The van der Waals surface area contributed by atoms with E-state index in [4.69, 9.17) is 0 Å². The van der Waals surface area contributed by atoms with Crippen LogP contribution in [0.15, 0.2) is 24.3 Å². The van der Waals surface area contributed by atoms with E-state index in [1.807, 2.05) is 19.1 Å². The number of hydrogen-bond acceptors (Lipinski definition) is 3. The van der Waals surface area contributed by atoms with Gasteiger partial charge in [0.1, 0.15) is 0 Å². The Kier molecular flexibility index (Phi) is 4.72. The van der Waals surface area contributed by atoms with Crippen molar-refractivity contribution >= 4 is 5.78 Å². The molecule has 1 unspecified atom stereocenters. The van der Waals surface area contributed by atoms with E-state index in [0.29, 0.717) is 5.92 Å². The number of Topliss-reactive ketones (excluding diaryl/α,β-unsaturated/α-hetero) is 1. The molecule has 0 bridgehead atoms. The number of benzene rings is 1. The number of carbonyl (C=O) groups excluding carboxylic acids is 1. The van der Waals surface area contributed by atoms with Crippen LogP contribution in [0, 0.1) is 0 Å². The molecule has 1 aliphatic rings. The van der Waals surface area contributed by atoms with Crippen molar-refractivity contribution in [3.63, 3.8) is 0 Å². The Hall–Kier alpha value is -1.19. The smallest absolute Gasteiger partial charge is 0.179 e. The molecule has 19 heavy (non-hydrogen) atoms. The average molecular weight is 260 g/mol. The maximum absolute atomic E-state index is 12.5. The van der Waals surface area contributed by atoms with Gasteiger partial charge in [-0.3, -0.25) is 9.69 Å². The lowest BCUT2D eigenvalue weighted by atomic mass is 9.98. The van der Waals surface area contributed by atoms with E-state index in [2.05, 4.69) is 36.2 Å². The molecule has 1 fully saturated rings. The Morgan fingerprint density at radius 2 is 1.68 bits per heavy atom. The molecule has 0 amide bonds. The summed E-state index contributed by atoms with van der Waals surface area (Å²) in [6, 6.07) is 8.06. The molecule has 2 rings (SSSR count). The molecule has 1 aromatic carbocycles. The molecule has 1 atom stereocenters. The van der Waals surface area contributed by atoms with Crippen molar-refractivity contribution in [2.45, 2.75) is 32.7 Å². The fourth-order valence-electron chi connectivity index (χ4n) is 2.51. The van der Waals surface area contributed by atoms with Gasteiger partial charge >= 0.3 is 0 Å². The van der Waals surface area contributed by atoms with Gasteiger partial charge in [0.05, 0.1) is 6.04 Å². The summed E-state index contributed by atoms with van der Waals surface area (Å²) in [7, 11) is 0. The quantitative estimate of drug-likeness (QED) is 0.843. The van der Waals surface area contributed by atoms with Gasteiger partial charge in [0.2, 0.25) is 0 Å². The second-order valence-electron chi connectivity index (χ2n) is 5.60. The fourth-order valence-corrected chi connectivity index (χ4v) is 2.51. The Balaban J connectivity index is 2.05. The van der Waals surface area contributed by atoms with Crippen molar-refractivity contribution in [1.29, 1.82) is 0 Å². The molecule has 0 saturated carbocycles. The lowest BCUT2D eigenvalue weighted by molar-refractivity contribution is 0.0820. The number of rotatable bonds is 4. The summed E-state index contributed by atoms with van der Waals surface area (Å²) in [6.07, 6.45) is 0. The van der Waals surface area contributed by atoms with Crippen LogP contribution in [0.2, 0.25) is 0 Å². The van der Waals surface area contributed by atoms with Gasteiger partial charge in [0.25, 0.3) is 0 Å². The lowest BCUT2D eigenvalue weighted by Gasteiger charge is -2.31. The second kappa shape index (κ2) is 6.31. The summed E-state index contributed by atoms with van der Waals surface area (Å²) in [5, 5.41) is 3.32. The predicted octanol–water partition coefficient (Wildman–Crippen LogP) is 2.29. The molecule has 1 saturated heterocycles. The Morgan fingerprint density at radius 1 is 1.11 bits per heavy atom. The van der Waals surface area contributed by atoms with E-state index in [1.165, 1.54) is 5.56 Å². The van der Waals surface area contributed by atoms with Crippen LogP contribution in [-0.4, -0.2) is 42.9 Å². The van der Waals surface area contributed by atoms with Crippen molar-refractivity contribution < 1.29 is 4.79 Å². The van der Waals surface area contributed by atoms with E-state index in [1.54, 1.807) is 0 Å². The van der Waals surface area contributed by atoms with Crippen LogP contribution in [0.3, 0.4) is 0 Å². The van der Waals surface area contributed by atoms with Crippen molar-refractivity contribution in [1.82, 2.24) is 10.2 Å². The number of piperazine rings is 1. The van der Waals surface area contributed by atoms with Gasteiger partial charge < -0.3 is 5.32 Å². The maximum Gasteiger partial charge on any atom is 0.179 e. The fraction of sp³-hybridized carbons (Fsp3) is 0.562. The topological polar surface area (TPSA) is 32.3 Å². The Bertz CT molecular complexity index is 419. The van der Waals surface area contributed by atoms with Gasteiger partial charge in [0, 0.05) is 31.7 Å². The first-order valence-electron chi connectivity index (χ1n) is 7.18. The van der Waals surface area contributed by atoms with Crippen LogP contribution >= 0.6 is 0 Å². The maximum atomic E-state index is 12.5. The second-order valence-corrected chi connectivity index (χ2v) is 5.60. The van der Waals surface area contributed by atoms with Gasteiger partial charge in [-0.15, -0.1) is 0 Å². The normalized spacial score (nSPS) is 18.5. The largest absolute Gasteiger partial charge is 0.314 e. The molecule has 104 valence electrons. The molecule has 1 N–H and O–H groups in total.